The van der Waals surface area contributed by atoms with Gasteiger partial charge >= 0.3 is 0 Å². The van der Waals surface area contributed by atoms with Gasteiger partial charge in [0.05, 0.1) is 0 Å². The van der Waals surface area contributed by atoms with Gasteiger partial charge in [-0.05, 0) is 56.8 Å². The predicted molar refractivity (Wildman–Crippen MR) is 87.4 cm³/mol. The van der Waals surface area contributed by atoms with Crippen molar-refractivity contribution in [3.8, 4) is 0 Å². The molecule has 1 amide bonds. The average Bonchev–Trinajstić information content (AvgIpc) is 2.36. The van der Waals surface area contributed by atoms with E-state index in [-0.39, 0.29) is 25.8 Å². The molecule has 1 heterocycles. The van der Waals surface area contributed by atoms with Crippen LogP contribution in [0.5, 0.6) is 0 Å². The molecule has 0 saturated carbocycles. The van der Waals surface area contributed by atoms with Crippen LogP contribution in [0.15, 0.2) is 26.0 Å². The minimum absolute atomic E-state index is 0.00895. The van der Waals surface area contributed by atoms with Crippen LogP contribution in [0.3, 0.4) is 0 Å². The lowest BCUT2D eigenvalue weighted by molar-refractivity contribution is -0.129. The van der Waals surface area contributed by atoms with E-state index < -0.39 is 15.8 Å². The molecule has 2 rings (SSSR count). The Kier molecular flexibility index (Phi) is 5.63. The van der Waals surface area contributed by atoms with Crippen molar-refractivity contribution in [1.29, 1.82) is 0 Å². The molecule has 5 nitrogen and oxygen atoms in total. The Balaban J connectivity index is 2.15. The zero-order chi connectivity index (χ0) is 16.5. The monoisotopic (exact) mass is 456 g/mol. The molecule has 0 radical (unpaired) electrons. The third kappa shape index (κ3) is 4.06. The smallest absolute Gasteiger partial charge is 0.243 e. The first-order valence-electron chi connectivity index (χ1n) is 6.63. The number of rotatable bonds is 3. The van der Waals surface area contributed by atoms with Crippen LogP contribution >= 0.6 is 31.9 Å². The van der Waals surface area contributed by atoms with Gasteiger partial charge in [-0.2, -0.15) is 0 Å². The zero-order valence-electron chi connectivity index (χ0n) is 11.8. The van der Waals surface area contributed by atoms with E-state index in [1.807, 2.05) is 0 Å². The van der Waals surface area contributed by atoms with Crippen molar-refractivity contribution in [1.82, 2.24) is 9.62 Å². The van der Waals surface area contributed by atoms with Crippen molar-refractivity contribution < 1.29 is 17.6 Å². The lowest BCUT2D eigenvalue weighted by Crippen LogP contribution is -2.46. The fraction of sp³-hybridized carbons (Fsp3) is 0.462. The van der Waals surface area contributed by atoms with Gasteiger partial charge in [-0.1, -0.05) is 0 Å². The molecule has 0 spiro atoms. The highest BCUT2D eigenvalue weighted by molar-refractivity contribution is 9.11. The molecule has 1 aliphatic rings. The number of halogens is 3. The van der Waals surface area contributed by atoms with Crippen LogP contribution in [0.1, 0.15) is 19.8 Å². The molecule has 122 valence electrons. The van der Waals surface area contributed by atoms with Gasteiger partial charge in [0.2, 0.25) is 15.9 Å². The van der Waals surface area contributed by atoms with Gasteiger partial charge < -0.3 is 4.90 Å². The van der Waals surface area contributed by atoms with Crippen molar-refractivity contribution in [3.05, 3.63) is 26.9 Å². The van der Waals surface area contributed by atoms with E-state index in [1.165, 1.54) is 6.92 Å². The van der Waals surface area contributed by atoms with Crippen molar-refractivity contribution in [2.45, 2.75) is 30.7 Å². The summed E-state index contributed by atoms with van der Waals surface area (Å²) in [4.78, 5) is 12.9. The van der Waals surface area contributed by atoms with E-state index in [2.05, 4.69) is 36.6 Å². The Morgan fingerprint density at radius 1 is 1.27 bits per heavy atom. The fourth-order valence-electron chi connectivity index (χ4n) is 2.38. The highest BCUT2D eigenvalue weighted by Gasteiger charge is 2.28. The first-order valence-corrected chi connectivity index (χ1v) is 9.70. The minimum atomic E-state index is -3.79. The van der Waals surface area contributed by atoms with E-state index in [0.717, 1.165) is 12.1 Å². The number of benzene rings is 1. The minimum Gasteiger partial charge on any atom is -0.343 e. The molecule has 9 heteroatoms. The summed E-state index contributed by atoms with van der Waals surface area (Å²) in [6.07, 6.45) is 1.10. The molecule has 1 aliphatic heterocycles. The Morgan fingerprint density at radius 2 is 1.77 bits per heavy atom. The summed E-state index contributed by atoms with van der Waals surface area (Å²) < 4.78 is 41.2. The highest BCUT2D eigenvalue weighted by atomic mass is 79.9. The number of piperidine rings is 1. The molecule has 0 aromatic heterocycles. The quantitative estimate of drug-likeness (QED) is 0.758. The molecule has 0 aliphatic carbocycles. The van der Waals surface area contributed by atoms with Crippen LogP contribution in [0.4, 0.5) is 4.39 Å². The average molecular weight is 458 g/mol. The Bertz CT molecular complexity index is 666. The maximum atomic E-state index is 13.3. The van der Waals surface area contributed by atoms with Crippen molar-refractivity contribution in [3.63, 3.8) is 0 Å². The second-order valence-electron chi connectivity index (χ2n) is 5.10. The molecule has 1 aromatic rings. The van der Waals surface area contributed by atoms with Gasteiger partial charge in [0, 0.05) is 35.0 Å². The summed E-state index contributed by atoms with van der Waals surface area (Å²) in [5.41, 5.74) is 0. The van der Waals surface area contributed by atoms with Gasteiger partial charge in [0.1, 0.15) is 10.7 Å². The van der Waals surface area contributed by atoms with Crippen LogP contribution in [-0.4, -0.2) is 38.4 Å². The molecule has 1 fully saturated rings. The first-order chi connectivity index (χ1) is 10.2. The summed E-state index contributed by atoms with van der Waals surface area (Å²) in [6, 6.07) is 1.97. The van der Waals surface area contributed by atoms with Crippen LogP contribution in [0.25, 0.3) is 0 Å². The molecule has 0 bridgehead atoms. The standard InChI is InChI=1S/C13H15Br2FN2O3S/c1-8(19)18-4-2-10(3-5-18)17-22(20,21)13-11(14)6-9(16)7-12(13)15/h6-7,10,17H,2-5H2,1H3. The molecule has 1 saturated heterocycles. The summed E-state index contributed by atoms with van der Waals surface area (Å²) in [5, 5.41) is 0. The first kappa shape index (κ1) is 17.8. The Morgan fingerprint density at radius 3 is 2.23 bits per heavy atom. The number of nitrogens with zero attached hydrogens (tertiary/aromatic N) is 1. The molecular formula is C13H15Br2FN2O3S. The van der Waals surface area contributed by atoms with Crippen molar-refractivity contribution >= 4 is 47.8 Å². The van der Waals surface area contributed by atoms with E-state index in [1.54, 1.807) is 4.90 Å². The third-order valence-corrected chi connectivity index (χ3v) is 6.89. The zero-order valence-corrected chi connectivity index (χ0v) is 15.8. The van der Waals surface area contributed by atoms with Crippen LogP contribution in [0.2, 0.25) is 0 Å². The SMILES string of the molecule is CC(=O)N1CCC(NS(=O)(=O)c2c(Br)cc(F)cc2Br)CC1. The number of carbonyl (C=O) groups is 1. The van der Waals surface area contributed by atoms with Crippen LogP contribution in [0, 0.1) is 5.82 Å². The second kappa shape index (κ2) is 6.94. The second-order valence-corrected chi connectivity index (χ2v) is 8.46. The lowest BCUT2D eigenvalue weighted by Gasteiger charge is -2.31. The van der Waals surface area contributed by atoms with E-state index in [0.29, 0.717) is 25.9 Å². The van der Waals surface area contributed by atoms with Gasteiger partial charge in [-0.15, -0.1) is 0 Å². The number of likely N-dealkylation sites (tertiary alicyclic amines) is 1. The maximum absolute atomic E-state index is 13.3. The van der Waals surface area contributed by atoms with Crippen LogP contribution < -0.4 is 4.72 Å². The van der Waals surface area contributed by atoms with Crippen molar-refractivity contribution in [2.24, 2.45) is 0 Å². The molecule has 0 unspecified atom stereocenters. The number of nitrogens with one attached hydrogen (secondary N) is 1. The number of sulfonamides is 1. The number of amides is 1. The van der Waals surface area contributed by atoms with E-state index >= 15 is 0 Å². The summed E-state index contributed by atoms with van der Waals surface area (Å²) in [5.74, 6) is -0.544. The predicted octanol–water partition coefficient (Wildman–Crippen LogP) is 2.64. The molecule has 22 heavy (non-hydrogen) atoms. The van der Waals surface area contributed by atoms with Crippen LogP contribution in [-0.2, 0) is 14.8 Å². The van der Waals surface area contributed by atoms with Gasteiger partial charge in [-0.3, -0.25) is 4.79 Å². The topological polar surface area (TPSA) is 66.5 Å². The fourth-order valence-corrected chi connectivity index (χ4v) is 6.21. The molecule has 0 atom stereocenters. The Hall–Kier alpha value is -0.510. The van der Waals surface area contributed by atoms with E-state index in [9.17, 15) is 17.6 Å². The Labute approximate surface area is 145 Å². The van der Waals surface area contributed by atoms with Gasteiger partial charge in [0.25, 0.3) is 0 Å². The summed E-state index contributed by atoms with van der Waals surface area (Å²) in [7, 11) is -3.79. The normalized spacial score (nSPS) is 16.8. The number of carbonyl (C=O) groups excluding carboxylic acids is 1. The number of hydrogen-bond donors (Lipinski definition) is 1. The van der Waals surface area contributed by atoms with E-state index in [4.69, 9.17) is 0 Å². The lowest BCUT2D eigenvalue weighted by atomic mass is 10.1. The maximum Gasteiger partial charge on any atom is 0.243 e. The molecule has 1 N–H and O–H groups in total. The number of hydrogen-bond acceptors (Lipinski definition) is 3. The third-order valence-electron chi connectivity index (χ3n) is 3.49. The summed E-state index contributed by atoms with van der Waals surface area (Å²) in [6.45, 7) is 2.54. The molecule has 1 aromatic carbocycles. The molecular weight excluding hydrogens is 443 g/mol. The van der Waals surface area contributed by atoms with Crippen molar-refractivity contribution in [2.75, 3.05) is 13.1 Å². The highest BCUT2D eigenvalue weighted by Crippen LogP contribution is 2.31. The van der Waals surface area contributed by atoms with Gasteiger partial charge in [0.15, 0.2) is 0 Å². The summed E-state index contributed by atoms with van der Waals surface area (Å²) >= 11 is 6.17. The largest absolute Gasteiger partial charge is 0.343 e. The van der Waals surface area contributed by atoms with Gasteiger partial charge in [-0.25, -0.2) is 17.5 Å².